The van der Waals surface area contributed by atoms with E-state index in [1.165, 1.54) is 0 Å². The van der Waals surface area contributed by atoms with Gasteiger partial charge in [-0.1, -0.05) is 0 Å². The molecule has 1 radical (unpaired) electrons. The fourth-order valence-electron chi connectivity index (χ4n) is 0.0481. The first-order chi connectivity index (χ1) is 2.41. The molecule has 0 N–H and O–H groups in total. The molecule has 0 aromatic carbocycles. The molecule has 0 aliphatic rings. The van der Waals surface area contributed by atoms with E-state index < -0.39 is 0 Å². The summed E-state index contributed by atoms with van der Waals surface area (Å²) in [6.45, 7) is 3.82. The first-order valence-electron chi connectivity index (χ1n) is 1.26. The fourth-order valence-corrected chi connectivity index (χ4v) is 0.0481. The van der Waals surface area contributed by atoms with Gasteiger partial charge in [0.25, 0.3) is 6.47 Å². The van der Waals surface area contributed by atoms with E-state index in [1.807, 2.05) is 0 Å². The zero-order valence-electron chi connectivity index (χ0n) is 3.14. The second-order valence-electron chi connectivity index (χ2n) is 0.467. The minimum Gasteiger partial charge on any atom is -0.501 e. The fraction of sp³-hybridized carbons (Fsp3) is 0.333. The average Bonchev–Trinajstić information content (AvgIpc) is 1.41. The van der Waals surface area contributed by atoms with E-state index in [4.69, 9.17) is 4.79 Å². The van der Waals surface area contributed by atoms with Crippen molar-refractivity contribution >= 4 is 6.47 Å². The van der Waals surface area contributed by atoms with Crippen LogP contribution < -0.4 is 0 Å². The van der Waals surface area contributed by atoms with Gasteiger partial charge in [-0.25, -0.2) is 0 Å². The molecule has 0 aliphatic carbocycles. The van der Waals surface area contributed by atoms with Crippen molar-refractivity contribution in [2.24, 2.45) is 0 Å². The van der Waals surface area contributed by atoms with Crippen LogP contribution in [0.2, 0.25) is 0 Å². The zero-order chi connectivity index (χ0) is 4.12. The Bertz CT molecular complexity index is 30.0. The van der Waals surface area contributed by atoms with E-state index in [0.29, 0.717) is 6.47 Å². The summed E-state index contributed by atoms with van der Waals surface area (Å²) in [5, 5.41) is 0. The van der Waals surface area contributed by atoms with Crippen molar-refractivity contribution in [1.29, 1.82) is 0 Å². The van der Waals surface area contributed by atoms with E-state index in [-0.39, 0.29) is 23.4 Å². The Kier molecular flexibility index (Phi) is 13.9. The molecule has 0 fully saturated rings. The smallest absolute Gasteiger partial charge is 0.290 e. The van der Waals surface area contributed by atoms with E-state index >= 15 is 0 Å². The number of hydrogen-bond donors (Lipinski definition) is 0. The predicted octanol–water partition coefficient (Wildman–Crippen LogP) is -0.00901. The third-order valence-corrected chi connectivity index (χ3v) is 0.186. The minimum absolute atomic E-state index is 0. The van der Waals surface area contributed by atoms with Gasteiger partial charge in [0, 0.05) is 16.8 Å². The van der Waals surface area contributed by atoms with Crippen molar-refractivity contribution in [3.05, 3.63) is 6.92 Å². The third-order valence-electron chi connectivity index (χ3n) is 0.186. The minimum atomic E-state index is 0. The maximum Gasteiger partial charge on any atom is 0.290 e. The number of rotatable bonds is 2. The molecule has 0 bridgehead atoms. The zero-order valence-corrected chi connectivity index (χ0v) is 4.18. The Balaban J connectivity index is 0. The first kappa shape index (κ1) is 9.36. The Hall–Kier alpha value is -0.0235. The second-order valence-corrected chi connectivity index (χ2v) is 0.467. The van der Waals surface area contributed by atoms with Crippen LogP contribution in [0, 0.1) is 6.92 Å². The number of hydrogen-bond acceptors (Lipinski definition) is 2. The number of ether oxygens (including phenoxy) is 1. The average molecular weight is 132 g/mol. The normalized spacial score (nSPS) is 5.50. The predicted molar refractivity (Wildman–Crippen MR) is 17.4 cm³/mol. The van der Waals surface area contributed by atoms with Crippen molar-refractivity contribution in [3.8, 4) is 0 Å². The molecule has 0 rings (SSSR count). The second kappa shape index (κ2) is 8.88. The summed E-state index contributed by atoms with van der Waals surface area (Å²) in [6, 6.07) is 0. The van der Waals surface area contributed by atoms with Crippen molar-refractivity contribution in [2.45, 2.75) is 0 Å². The van der Waals surface area contributed by atoms with Crippen LogP contribution >= 0.6 is 0 Å². The largest absolute Gasteiger partial charge is 0.501 e. The van der Waals surface area contributed by atoms with Crippen LogP contribution in [0.3, 0.4) is 0 Å². The van der Waals surface area contributed by atoms with Crippen LogP contribution in [-0.4, -0.2) is 13.1 Å². The molecule has 6 heavy (non-hydrogen) atoms. The molecule has 0 aromatic heterocycles. The van der Waals surface area contributed by atoms with Crippen molar-refractivity contribution in [3.63, 3.8) is 0 Å². The molecular weight excluding hydrogens is 127 g/mol. The van der Waals surface area contributed by atoms with E-state index in [1.54, 1.807) is 0 Å². The summed E-state index contributed by atoms with van der Waals surface area (Å²) in [5.74, 6) is 0. The van der Waals surface area contributed by atoms with Crippen molar-refractivity contribution in [2.75, 3.05) is 6.61 Å². The summed E-state index contributed by atoms with van der Waals surface area (Å²) >= 11 is 0. The van der Waals surface area contributed by atoms with E-state index in [0.717, 1.165) is 0 Å². The summed E-state index contributed by atoms with van der Waals surface area (Å²) in [5.41, 5.74) is 0. The van der Waals surface area contributed by atoms with Gasteiger partial charge in [0.1, 0.15) is 0 Å². The van der Waals surface area contributed by atoms with Crippen LogP contribution in [-0.2, 0) is 26.3 Å². The number of carbonyl (C=O) groups is 1. The van der Waals surface area contributed by atoms with Gasteiger partial charge in [-0.05, 0) is 6.61 Å². The van der Waals surface area contributed by atoms with Crippen molar-refractivity contribution < 1.29 is 26.3 Å². The Morgan fingerprint density at radius 3 is 2.33 bits per heavy atom. The summed E-state index contributed by atoms with van der Waals surface area (Å²) in [7, 11) is 0. The maximum absolute atomic E-state index is 9.14. The summed E-state index contributed by atoms with van der Waals surface area (Å²) < 4.78 is 4.04. The van der Waals surface area contributed by atoms with Gasteiger partial charge < -0.3 is 11.7 Å². The molecule has 0 aromatic rings. The van der Waals surface area contributed by atoms with E-state index in [9.17, 15) is 0 Å². The van der Waals surface area contributed by atoms with Crippen LogP contribution in [0.15, 0.2) is 0 Å². The molecule has 0 amide bonds. The molecule has 0 heterocycles. The molecular formula is C3H5CoO2-. The summed E-state index contributed by atoms with van der Waals surface area (Å²) in [4.78, 5) is 9.14. The monoisotopic (exact) mass is 132 g/mol. The van der Waals surface area contributed by atoms with E-state index in [2.05, 4.69) is 11.7 Å². The van der Waals surface area contributed by atoms with Gasteiger partial charge in [-0.15, -0.1) is 0 Å². The number of carbonyl (C=O) groups excluding carboxylic acids is 1. The van der Waals surface area contributed by atoms with Crippen molar-refractivity contribution in [1.82, 2.24) is 0 Å². The molecule has 0 unspecified atom stereocenters. The summed E-state index contributed by atoms with van der Waals surface area (Å²) in [6.07, 6.45) is 0. The molecule has 0 atom stereocenters. The van der Waals surface area contributed by atoms with Crippen LogP contribution in [0.5, 0.6) is 0 Å². The first-order valence-corrected chi connectivity index (χ1v) is 1.26. The quantitative estimate of drug-likeness (QED) is 0.390. The van der Waals surface area contributed by atoms with Gasteiger partial charge in [0.15, 0.2) is 0 Å². The third kappa shape index (κ3) is 9.02. The molecule has 3 heteroatoms. The van der Waals surface area contributed by atoms with Gasteiger partial charge in [-0.2, -0.15) is 0 Å². The SMILES string of the molecule is [CH2-]COC=O.[Co]. The molecule has 0 aliphatic heterocycles. The van der Waals surface area contributed by atoms with Gasteiger partial charge in [0.05, 0.1) is 0 Å². The standard InChI is InChI=1S/C3H5O2.Co/c1-2-5-3-4;/h3H,1-2H2;/q-1;. The molecule has 0 saturated heterocycles. The Labute approximate surface area is 47.1 Å². The molecule has 0 saturated carbocycles. The van der Waals surface area contributed by atoms with Crippen LogP contribution in [0.4, 0.5) is 0 Å². The topological polar surface area (TPSA) is 26.3 Å². The Morgan fingerprint density at radius 1 is 1.83 bits per heavy atom. The maximum atomic E-state index is 9.14. The van der Waals surface area contributed by atoms with Crippen LogP contribution in [0.25, 0.3) is 0 Å². The Morgan fingerprint density at radius 2 is 2.33 bits per heavy atom. The van der Waals surface area contributed by atoms with Gasteiger partial charge in [0.2, 0.25) is 0 Å². The van der Waals surface area contributed by atoms with Gasteiger partial charge >= 0.3 is 0 Å². The van der Waals surface area contributed by atoms with Crippen LogP contribution in [0.1, 0.15) is 0 Å². The molecule has 39 valence electrons. The molecule has 0 spiro atoms. The molecule has 2 nitrogen and oxygen atoms in total. The van der Waals surface area contributed by atoms with Gasteiger partial charge in [-0.3, -0.25) is 4.79 Å².